The molecule has 30 heavy (non-hydrogen) atoms. The van der Waals surface area contributed by atoms with Crippen molar-refractivity contribution >= 4 is 34.1 Å². The van der Waals surface area contributed by atoms with Crippen molar-refractivity contribution in [2.75, 3.05) is 11.1 Å². The van der Waals surface area contributed by atoms with Crippen LogP contribution in [0.2, 0.25) is 0 Å². The number of rotatable bonds is 7. The summed E-state index contributed by atoms with van der Waals surface area (Å²) in [5.74, 6) is 0.560. The number of hydrogen-bond acceptors (Lipinski definition) is 4. The van der Waals surface area contributed by atoms with Crippen LogP contribution in [0.25, 0.3) is 10.8 Å². The number of fused-ring (bicyclic) bond motifs is 1. The molecule has 0 aliphatic heterocycles. The molecule has 0 aliphatic carbocycles. The Balaban J connectivity index is 1.45. The Bertz CT molecular complexity index is 1170. The third-order valence-electron chi connectivity index (χ3n) is 4.80. The normalized spacial score (nSPS) is 11.0. The van der Waals surface area contributed by atoms with E-state index in [1.807, 2.05) is 23.6 Å². The largest absolute Gasteiger partial charge is 0.325 e. The number of halogens is 1. The molecule has 0 fully saturated rings. The van der Waals surface area contributed by atoms with Gasteiger partial charge < -0.3 is 9.88 Å². The molecule has 1 N–H and O–H groups in total. The minimum atomic E-state index is -0.336. The Morgan fingerprint density at radius 2 is 1.80 bits per heavy atom. The first-order chi connectivity index (χ1) is 14.6. The molecule has 5 nitrogen and oxygen atoms in total. The number of thioether (sulfide) groups is 1. The molecule has 1 aromatic heterocycles. The van der Waals surface area contributed by atoms with Crippen molar-refractivity contribution < 1.29 is 9.18 Å². The lowest BCUT2D eigenvalue weighted by atomic mass is 10.0. The van der Waals surface area contributed by atoms with Crippen molar-refractivity contribution in [3.8, 4) is 0 Å². The van der Waals surface area contributed by atoms with E-state index in [0.717, 1.165) is 12.4 Å². The summed E-state index contributed by atoms with van der Waals surface area (Å²) >= 11 is 1.34. The number of carbonyl (C=O) groups excluding carboxylic acids is 1. The summed E-state index contributed by atoms with van der Waals surface area (Å²) in [6.45, 7) is 2.76. The maximum atomic E-state index is 13.0. The van der Waals surface area contributed by atoms with Crippen LogP contribution in [-0.4, -0.2) is 26.4 Å². The van der Waals surface area contributed by atoms with E-state index in [9.17, 15) is 9.18 Å². The minimum absolute atomic E-state index is 0.173. The zero-order chi connectivity index (χ0) is 20.9. The average molecular weight is 421 g/mol. The van der Waals surface area contributed by atoms with Crippen LogP contribution in [0.15, 0.2) is 71.9 Å². The quantitative estimate of drug-likeness (QED) is 0.432. The molecule has 4 rings (SSSR count). The first-order valence-corrected chi connectivity index (χ1v) is 10.7. The lowest BCUT2D eigenvalue weighted by Crippen LogP contribution is -2.14. The van der Waals surface area contributed by atoms with Gasteiger partial charge in [-0.05, 0) is 47.5 Å². The molecule has 0 atom stereocenters. The van der Waals surface area contributed by atoms with Gasteiger partial charge >= 0.3 is 0 Å². The van der Waals surface area contributed by atoms with Gasteiger partial charge in [0.25, 0.3) is 0 Å². The van der Waals surface area contributed by atoms with E-state index < -0.39 is 0 Å². The fraction of sp³-hybridized carbons (Fsp3) is 0.174. The van der Waals surface area contributed by atoms with Crippen molar-refractivity contribution in [2.45, 2.75) is 25.0 Å². The topological polar surface area (TPSA) is 59.8 Å². The second kappa shape index (κ2) is 9.09. The van der Waals surface area contributed by atoms with Gasteiger partial charge in [0.15, 0.2) is 5.16 Å². The zero-order valence-corrected chi connectivity index (χ0v) is 17.3. The van der Waals surface area contributed by atoms with Gasteiger partial charge in [-0.25, -0.2) is 4.39 Å². The van der Waals surface area contributed by atoms with Crippen LogP contribution in [0, 0.1) is 5.82 Å². The summed E-state index contributed by atoms with van der Waals surface area (Å²) < 4.78 is 15.0. The van der Waals surface area contributed by atoms with E-state index >= 15 is 0 Å². The molecule has 0 radical (unpaired) electrons. The Hall–Kier alpha value is -3.19. The molecular weight excluding hydrogens is 399 g/mol. The third kappa shape index (κ3) is 4.52. The van der Waals surface area contributed by atoms with Gasteiger partial charge in [-0.2, -0.15) is 0 Å². The van der Waals surface area contributed by atoms with Gasteiger partial charge in [0.05, 0.1) is 5.75 Å². The monoisotopic (exact) mass is 420 g/mol. The first kappa shape index (κ1) is 20.1. The molecule has 0 bridgehead atoms. The van der Waals surface area contributed by atoms with E-state index in [1.165, 1.54) is 52.4 Å². The van der Waals surface area contributed by atoms with Crippen LogP contribution >= 0.6 is 11.8 Å². The molecule has 1 heterocycles. The summed E-state index contributed by atoms with van der Waals surface area (Å²) in [4.78, 5) is 12.2. The molecule has 0 saturated heterocycles. The molecule has 0 aliphatic rings. The van der Waals surface area contributed by atoms with Crippen LogP contribution in [0.3, 0.4) is 0 Å². The maximum absolute atomic E-state index is 13.0. The smallest absolute Gasteiger partial charge is 0.234 e. The number of nitrogens with zero attached hydrogens (tertiary/aromatic N) is 3. The zero-order valence-electron chi connectivity index (χ0n) is 16.5. The summed E-state index contributed by atoms with van der Waals surface area (Å²) in [5, 5.41) is 14.6. The third-order valence-corrected chi connectivity index (χ3v) is 5.77. The van der Waals surface area contributed by atoms with Crippen molar-refractivity contribution in [1.29, 1.82) is 0 Å². The van der Waals surface area contributed by atoms with Crippen molar-refractivity contribution in [2.24, 2.45) is 0 Å². The lowest BCUT2D eigenvalue weighted by Gasteiger charge is -2.09. The molecule has 1 amide bonds. The summed E-state index contributed by atoms with van der Waals surface area (Å²) in [6, 6.07) is 20.3. The molecule has 0 saturated carbocycles. The molecular formula is C23H21FN4OS. The fourth-order valence-corrected chi connectivity index (χ4v) is 4.17. The predicted molar refractivity (Wildman–Crippen MR) is 118 cm³/mol. The first-order valence-electron chi connectivity index (χ1n) is 9.71. The van der Waals surface area contributed by atoms with Crippen LogP contribution in [-0.2, 0) is 17.8 Å². The molecule has 0 unspecified atom stereocenters. The van der Waals surface area contributed by atoms with Crippen molar-refractivity contribution in [3.63, 3.8) is 0 Å². The maximum Gasteiger partial charge on any atom is 0.234 e. The van der Waals surface area contributed by atoms with Gasteiger partial charge in [0.1, 0.15) is 11.6 Å². The molecule has 152 valence electrons. The molecule has 4 aromatic rings. The van der Waals surface area contributed by atoms with Gasteiger partial charge in [0.2, 0.25) is 5.91 Å². The summed E-state index contributed by atoms with van der Waals surface area (Å²) in [5.41, 5.74) is 1.76. The Morgan fingerprint density at radius 3 is 2.60 bits per heavy atom. The SMILES string of the molecule is CCn1c(Cc2cccc3ccccc23)nnc1SCC(=O)Nc1ccc(F)cc1. The van der Waals surface area contributed by atoms with Crippen LogP contribution < -0.4 is 5.32 Å². The van der Waals surface area contributed by atoms with Crippen molar-refractivity contribution in [3.05, 3.63) is 83.9 Å². The average Bonchev–Trinajstić information content (AvgIpc) is 3.15. The van der Waals surface area contributed by atoms with Crippen LogP contribution in [0.5, 0.6) is 0 Å². The number of aromatic nitrogens is 3. The van der Waals surface area contributed by atoms with E-state index in [-0.39, 0.29) is 17.5 Å². The highest BCUT2D eigenvalue weighted by Gasteiger charge is 2.14. The standard InChI is InChI=1S/C23H21FN4OS/c1-2-28-21(14-17-8-5-7-16-6-3-4-9-20(16)17)26-27-23(28)30-15-22(29)25-19-12-10-18(24)11-13-19/h3-13H,2,14-15H2,1H3,(H,25,29). The molecule has 7 heteroatoms. The van der Waals surface area contributed by atoms with E-state index in [0.29, 0.717) is 17.3 Å². The van der Waals surface area contributed by atoms with Gasteiger partial charge in [-0.3, -0.25) is 4.79 Å². The van der Waals surface area contributed by atoms with Gasteiger partial charge in [-0.15, -0.1) is 10.2 Å². The number of hydrogen-bond donors (Lipinski definition) is 1. The van der Waals surface area contributed by atoms with E-state index in [2.05, 4.69) is 45.8 Å². The highest BCUT2D eigenvalue weighted by Crippen LogP contribution is 2.23. The van der Waals surface area contributed by atoms with Gasteiger partial charge in [-0.1, -0.05) is 54.2 Å². The summed E-state index contributed by atoms with van der Waals surface area (Å²) in [7, 11) is 0. The number of amides is 1. The van der Waals surface area contributed by atoms with Gasteiger partial charge in [0, 0.05) is 18.7 Å². The number of carbonyl (C=O) groups is 1. The van der Waals surface area contributed by atoms with Crippen molar-refractivity contribution in [1.82, 2.24) is 14.8 Å². The van der Waals surface area contributed by atoms with E-state index in [1.54, 1.807) is 0 Å². The minimum Gasteiger partial charge on any atom is -0.325 e. The lowest BCUT2D eigenvalue weighted by molar-refractivity contribution is -0.113. The predicted octanol–water partition coefficient (Wildman–Crippen LogP) is 4.91. The Labute approximate surface area is 178 Å². The second-order valence-corrected chi connectivity index (χ2v) is 7.74. The van der Waals surface area contributed by atoms with Crippen LogP contribution in [0.4, 0.5) is 10.1 Å². The highest BCUT2D eigenvalue weighted by atomic mass is 32.2. The Kier molecular flexibility index (Phi) is 6.09. The second-order valence-electron chi connectivity index (χ2n) is 6.80. The number of nitrogens with one attached hydrogen (secondary N) is 1. The number of benzene rings is 3. The Morgan fingerprint density at radius 1 is 1.03 bits per heavy atom. The number of anilines is 1. The molecule has 3 aromatic carbocycles. The molecule has 0 spiro atoms. The van der Waals surface area contributed by atoms with E-state index in [4.69, 9.17) is 0 Å². The van der Waals surface area contributed by atoms with Crippen LogP contribution in [0.1, 0.15) is 18.3 Å². The fourth-order valence-electron chi connectivity index (χ4n) is 3.35. The summed E-state index contributed by atoms with van der Waals surface area (Å²) in [6.07, 6.45) is 0.671. The highest BCUT2D eigenvalue weighted by molar-refractivity contribution is 7.99.